The molecule has 5 rings (SSSR count). The topological polar surface area (TPSA) is 103 Å². The number of halogens is 1. The molecule has 3 N–H and O–H groups in total. The van der Waals surface area contributed by atoms with Gasteiger partial charge in [-0.15, -0.1) is 0 Å². The molecule has 0 amide bonds. The summed E-state index contributed by atoms with van der Waals surface area (Å²) in [6.45, 7) is 1.19. The van der Waals surface area contributed by atoms with Gasteiger partial charge < -0.3 is 19.9 Å². The van der Waals surface area contributed by atoms with E-state index in [1.807, 2.05) is 24.3 Å². The van der Waals surface area contributed by atoms with E-state index in [9.17, 15) is 0 Å². The van der Waals surface area contributed by atoms with Crippen LogP contribution in [0.15, 0.2) is 55.1 Å². The lowest BCUT2D eigenvalue weighted by atomic mass is 9.85. The predicted octanol–water partition coefficient (Wildman–Crippen LogP) is 4.23. The Bertz CT molecular complexity index is 1210. The fourth-order valence-electron chi connectivity index (χ4n) is 4.13. The minimum Gasteiger partial charge on any atom is -0.465 e. The number of nitrogens with zero attached hydrogens (tertiary/aromatic N) is 2. The standard InChI is InChI=1S/C24H21FN4O3/c25-21-9-16(14-3-5-30-6-4-14)8-19-20(12-31-24(26)27)18-7-15(17-10-28-13-29-11-17)1-2-22(18)32-23(19)21/h1-3,7-11,13,20H,4-6,12H2,(H3,26,27). The molecule has 0 aliphatic carbocycles. The molecule has 2 aromatic carbocycles. The van der Waals surface area contributed by atoms with E-state index in [2.05, 4.69) is 9.97 Å². The Hall–Kier alpha value is -3.78. The summed E-state index contributed by atoms with van der Waals surface area (Å²) < 4.78 is 32.0. The van der Waals surface area contributed by atoms with Gasteiger partial charge in [-0.1, -0.05) is 12.1 Å². The summed E-state index contributed by atoms with van der Waals surface area (Å²) in [6.07, 6.45) is 7.60. The monoisotopic (exact) mass is 432 g/mol. The van der Waals surface area contributed by atoms with Gasteiger partial charge in [0.05, 0.1) is 19.1 Å². The third-order valence-corrected chi connectivity index (χ3v) is 5.68. The number of fused-ring (bicyclic) bond motifs is 2. The first-order valence-corrected chi connectivity index (χ1v) is 10.2. The van der Waals surface area contributed by atoms with E-state index < -0.39 is 11.8 Å². The normalized spacial score (nSPS) is 16.9. The first-order valence-electron chi connectivity index (χ1n) is 10.2. The van der Waals surface area contributed by atoms with Crippen molar-refractivity contribution in [1.82, 2.24) is 9.97 Å². The Morgan fingerprint density at radius 1 is 1.12 bits per heavy atom. The number of amidine groups is 1. The quantitative estimate of drug-likeness (QED) is 0.472. The van der Waals surface area contributed by atoms with E-state index in [-0.39, 0.29) is 18.3 Å². The molecule has 0 bridgehead atoms. The maximum absolute atomic E-state index is 15.2. The molecule has 162 valence electrons. The molecule has 0 saturated heterocycles. The summed E-state index contributed by atoms with van der Waals surface area (Å²) in [5.41, 5.74) is 10.5. The van der Waals surface area contributed by atoms with Crippen LogP contribution in [0.3, 0.4) is 0 Å². The fraction of sp³-hybridized carbons (Fsp3) is 0.208. The van der Waals surface area contributed by atoms with Crippen LogP contribution in [0, 0.1) is 11.2 Å². The lowest BCUT2D eigenvalue weighted by molar-refractivity contribution is 0.161. The molecule has 0 saturated carbocycles. The van der Waals surface area contributed by atoms with Gasteiger partial charge in [-0.2, -0.15) is 0 Å². The Balaban J connectivity index is 1.62. The summed E-state index contributed by atoms with van der Waals surface area (Å²) in [7, 11) is 0. The molecule has 1 atom stereocenters. The fourth-order valence-corrected chi connectivity index (χ4v) is 4.13. The highest BCUT2D eigenvalue weighted by Crippen LogP contribution is 2.47. The largest absolute Gasteiger partial charge is 0.465 e. The minimum absolute atomic E-state index is 0.0818. The number of hydrogen-bond acceptors (Lipinski definition) is 6. The number of benzene rings is 2. The number of aromatic nitrogens is 2. The average molecular weight is 432 g/mol. The molecule has 8 heteroatoms. The van der Waals surface area contributed by atoms with Crippen molar-refractivity contribution in [3.05, 3.63) is 77.6 Å². The second-order valence-corrected chi connectivity index (χ2v) is 7.64. The molecule has 1 aromatic heterocycles. The lowest BCUT2D eigenvalue weighted by Crippen LogP contribution is -2.22. The number of rotatable bonds is 4. The van der Waals surface area contributed by atoms with Gasteiger partial charge in [-0.3, -0.25) is 5.41 Å². The zero-order chi connectivity index (χ0) is 22.1. The Morgan fingerprint density at radius 3 is 2.69 bits per heavy atom. The van der Waals surface area contributed by atoms with Crippen LogP contribution in [0.25, 0.3) is 16.7 Å². The molecule has 0 fully saturated rings. The maximum Gasteiger partial charge on any atom is 0.279 e. The van der Waals surface area contributed by atoms with Gasteiger partial charge in [0.25, 0.3) is 6.02 Å². The molecule has 0 radical (unpaired) electrons. The van der Waals surface area contributed by atoms with Crippen molar-refractivity contribution in [2.45, 2.75) is 12.3 Å². The van der Waals surface area contributed by atoms with Crippen LogP contribution in [0.2, 0.25) is 0 Å². The molecule has 32 heavy (non-hydrogen) atoms. The highest BCUT2D eigenvalue weighted by Gasteiger charge is 2.32. The summed E-state index contributed by atoms with van der Waals surface area (Å²) in [6, 6.07) is 8.68. The van der Waals surface area contributed by atoms with Crippen LogP contribution in [-0.4, -0.2) is 35.8 Å². The van der Waals surface area contributed by atoms with Gasteiger partial charge in [0.2, 0.25) is 0 Å². The molecule has 2 aliphatic rings. The van der Waals surface area contributed by atoms with E-state index in [1.165, 1.54) is 12.4 Å². The molecular formula is C24H21FN4O3. The van der Waals surface area contributed by atoms with Gasteiger partial charge >= 0.3 is 0 Å². The van der Waals surface area contributed by atoms with E-state index >= 15 is 4.39 Å². The van der Waals surface area contributed by atoms with Gasteiger partial charge in [-0.05, 0) is 47.4 Å². The summed E-state index contributed by atoms with van der Waals surface area (Å²) >= 11 is 0. The first kappa shape index (κ1) is 20.1. The zero-order valence-electron chi connectivity index (χ0n) is 17.2. The molecule has 3 aromatic rings. The highest BCUT2D eigenvalue weighted by atomic mass is 19.1. The Kier molecular flexibility index (Phi) is 5.28. The number of ether oxygens (including phenoxy) is 3. The third kappa shape index (κ3) is 3.80. The minimum atomic E-state index is -0.441. The zero-order valence-corrected chi connectivity index (χ0v) is 17.2. The number of hydrogen-bond donors (Lipinski definition) is 2. The summed E-state index contributed by atoms with van der Waals surface area (Å²) in [5.74, 6) is -0.116. The maximum atomic E-state index is 15.2. The van der Waals surface area contributed by atoms with Crippen LogP contribution in [0.5, 0.6) is 11.5 Å². The SMILES string of the molecule is N=C(N)OCC1c2cc(-c3cncnc3)ccc2Oc2c(F)cc(C3=CCOCC3)cc21. The summed E-state index contributed by atoms with van der Waals surface area (Å²) in [4.78, 5) is 8.17. The number of nitrogens with one attached hydrogen (secondary N) is 1. The second kappa shape index (κ2) is 8.39. The molecule has 1 unspecified atom stereocenters. The molecule has 2 aliphatic heterocycles. The highest BCUT2D eigenvalue weighted by molar-refractivity contribution is 5.72. The van der Waals surface area contributed by atoms with Crippen LogP contribution in [-0.2, 0) is 9.47 Å². The van der Waals surface area contributed by atoms with Crippen LogP contribution >= 0.6 is 0 Å². The Morgan fingerprint density at radius 2 is 1.94 bits per heavy atom. The van der Waals surface area contributed by atoms with Gasteiger partial charge in [0, 0.05) is 29.1 Å². The van der Waals surface area contributed by atoms with Crippen molar-refractivity contribution in [1.29, 1.82) is 5.41 Å². The average Bonchev–Trinajstić information content (AvgIpc) is 2.83. The van der Waals surface area contributed by atoms with E-state index in [4.69, 9.17) is 25.4 Å². The smallest absolute Gasteiger partial charge is 0.279 e. The Labute approximate surface area is 184 Å². The summed E-state index contributed by atoms with van der Waals surface area (Å²) in [5, 5.41) is 7.51. The second-order valence-electron chi connectivity index (χ2n) is 7.64. The van der Waals surface area contributed by atoms with Gasteiger partial charge in [0.1, 0.15) is 18.7 Å². The van der Waals surface area contributed by atoms with Gasteiger partial charge in [0.15, 0.2) is 11.6 Å². The third-order valence-electron chi connectivity index (χ3n) is 5.68. The van der Waals surface area contributed by atoms with E-state index in [0.29, 0.717) is 30.9 Å². The molecule has 3 heterocycles. The van der Waals surface area contributed by atoms with Crippen molar-refractivity contribution in [2.24, 2.45) is 5.73 Å². The first-order chi connectivity index (χ1) is 15.6. The van der Waals surface area contributed by atoms with Crippen molar-refractivity contribution in [2.75, 3.05) is 19.8 Å². The van der Waals surface area contributed by atoms with Crippen molar-refractivity contribution >= 4 is 11.6 Å². The van der Waals surface area contributed by atoms with E-state index in [1.54, 1.807) is 18.5 Å². The van der Waals surface area contributed by atoms with Crippen molar-refractivity contribution in [3.8, 4) is 22.6 Å². The molecular weight excluding hydrogens is 411 g/mol. The number of nitrogens with two attached hydrogens (primary N) is 1. The van der Waals surface area contributed by atoms with E-state index in [0.717, 1.165) is 27.8 Å². The van der Waals surface area contributed by atoms with Gasteiger partial charge in [-0.25, -0.2) is 14.4 Å². The van der Waals surface area contributed by atoms with Crippen LogP contribution in [0.1, 0.15) is 29.0 Å². The van der Waals surface area contributed by atoms with Crippen molar-refractivity contribution < 1.29 is 18.6 Å². The lowest BCUT2D eigenvalue weighted by Gasteiger charge is -2.29. The molecule has 0 spiro atoms. The predicted molar refractivity (Wildman–Crippen MR) is 117 cm³/mol. The van der Waals surface area contributed by atoms with Crippen LogP contribution in [0.4, 0.5) is 4.39 Å². The van der Waals surface area contributed by atoms with Crippen LogP contribution < -0.4 is 10.5 Å². The molecule has 7 nitrogen and oxygen atoms in total. The van der Waals surface area contributed by atoms with Crippen molar-refractivity contribution in [3.63, 3.8) is 0 Å².